The lowest BCUT2D eigenvalue weighted by Gasteiger charge is -1.85. The fourth-order valence-electron chi connectivity index (χ4n) is 0.322. The summed E-state index contributed by atoms with van der Waals surface area (Å²) in [7, 11) is 0. The van der Waals surface area contributed by atoms with Gasteiger partial charge in [-0.15, -0.1) is 0 Å². The molecule has 0 N–H and O–H groups in total. The first-order valence-electron chi connectivity index (χ1n) is 2.43. The molecule has 0 bridgehead atoms. The fourth-order valence-corrected chi connectivity index (χ4v) is 0.322. The Balaban J connectivity index is 2.34. The second-order valence-electron chi connectivity index (χ2n) is 1.27. The largest absolute Gasteiger partial charge is 0.0651 e. The highest BCUT2D eigenvalue weighted by Gasteiger charge is 1.76. The molecule has 0 nitrogen and oxygen atoms in total. The summed E-state index contributed by atoms with van der Waals surface area (Å²) in [6, 6.07) is 0. The first kappa shape index (κ1) is 6.00. The molecule has 35 valence electrons. The molecule has 0 aliphatic carbocycles. The average molecular weight is 83.2 g/mol. The molecule has 6 heavy (non-hydrogen) atoms. The zero-order chi connectivity index (χ0) is 4.83. The van der Waals surface area contributed by atoms with E-state index in [1.807, 2.05) is 0 Å². The van der Waals surface area contributed by atoms with Crippen LogP contribution in [0.4, 0.5) is 0 Å². The molecule has 0 fully saturated rings. The molecule has 0 atom stereocenters. The summed E-state index contributed by atoms with van der Waals surface area (Å²) in [6.45, 7) is 7.30. The Hall–Kier alpha value is 0. The third kappa shape index (κ3) is 4.00. The monoisotopic (exact) mass is 83.1 g/mol. The van der Waals surface area contributed by atoms with Crippen molar-refractivity contribution in [2.24, 2.45) is 0 Å². The van der Waals surface area contributed by atoms with Crippen molar-refractivity contribution >= 4 is 0 Å². The van der Waals surface area contributed by atoms with E-state index >= 15 is 0 Å². The third-order valence-electron chi connectivity index (χ3n) is 0.659. The van der Waals surface area contributed by atoms with Crippen LogP contribution >= 0.6 is 0 Å². The zero-order valence-corrected chi connectivity index (χ0v) is 4.28. The van der Waals surface area contributed by atoms with Crippen LogP contribution in [0.15, 0.2) is 0 Å². The van der Waals surface area contributed by atoms with Gasteiger partial charge in [0, 0.05) is 0 Å². The van der Waals surface area contributed by atoms with Gasteiger partial charge in [-0.3, -0.25) is 0 Å². The lowest BCUT2D eigenvalue weighted by Crippen LogP contribution is -1.68. The minimum atomic E-state index is 0.799. The van der Waals surface area contributed by atoms with Crippen molar-refractivity contribution in [3.05, 3.63) is 13.3 Å². The highest BCUT2D eigenvalue weighted by atomic mass is 13.8. The second-order valence-corrected chi connectivity index (χ2v) is 1.27. The van der Waals surface area contributed by atoms with Crippen molar-refractivity contribution in [3.63, 3.8) is 0 Å². The van der Waals surface area contributed by atoms with Crippen LogP contribution in [0.1, 0.15) is 26.2 Å². The van der Waals surface area contributed by atoms with Crippen LogP contribution in [-0.2, 0) is 0 Å². The van der Waals surface area contributed by atoms with Gasteiger partial charge in [0.2, 0.25) is 0 Å². The average Bonchev–Trinajstić information content (AvgIpc) is 1.61. The van der Waals surface area contributed by atoms with Crippen LogP contribution in [0.3, 0.4) is 0 Å². The lowest BCUT2D eigenvalue weighted by molar-refractivity contribution is 0.900. The van der Waals surface area contributed by atoms with Crippen LogP contribution < -0.4 is 0 Å². The number of hydrogen-bond acceptors (Lipinski definition) is 0. The van der Waals surface area contributed by atoms with Crippen LogP contribution in [0.25, 0.3) is 0 Å². The van der Waals surface area contributed by atoms with Crippen LogP contribution in [0.5, 0.6) is 0 Å². The summed E-state index contributed by atoms with van der Waals surface area (Å²) in [6.07, 6.45) is 5.20. The highest BCUT2D eigenvalue weighted by molar-refractivity contribution is 4.60. The van der Waals surface area contributed by atoms with Gasteiger partial charge in [0.25, 0.3) is 0 Å². The maximum Gasteiger partial charge on any atom is -0.0352 e. The van der Waals surface area contributed by atoms with Gasteiger partial charge < -0.3 is 0 Å². The van der Waals surface area contributed by atoms with Gasteiger partial charge in [-0.1, -0.05) is 13.3 Å². The van der Waals surface area contributed by atoms with E-state index in [4.69, 9.17) is 6.92 Å². The molecule has 0 unspecified atom stereocenters. The van der Waals surface area contributed by atoms with E-state index < -0.39 is 0 Å². The molecule has 0 aliphatic heterocycles. The van der Waals surface area contributed by atoms with E-state index in [-0.39, 0.29) is 0 Å². The Kier molecular flexibility index (Phi) is 5.00. The smallest absolute Gasteiger partial charge is 0.0352 e. The predicted molar refractivity (Wildman–Crippen MR) is 28.1 cm³/mol. The SMILES string of the molecule is [CH]CC[CH]CC. The van der Waals surface area contributed by atoms with E-state index in [0.29, 0.717) is 0 Å². The van der Waals surface area contributed by atoms with Gasteiger partial charge in [-0.2, -0.15) is 0 Å². The van der Waals surface area contributed by atoms with E-state index in [9.17, 15) is 0 Å². The number of hydrogen-bond donors (Lipinski definition) is 0. The predicted octanol–water partition coefficient (Wildman–Crippen LogP) is 2.09. The summed E-state index contributed by atoms with van der Waals surface area (Å²) >= 11 is 0. The summed E-state index contributed by atoms with van der Waals surface area (Å²) in [4.78, 5) is 0. The Labute approximate surface area is 40.6 Å². The quantitative estimate of drug-likeness (QED) is 0.458. The Morgan fingerprint density at radius 3 is 2.50 bits per heavy atom. The fraction of sp³-hybridized carbons (Fsp3) is 0.667. The van der Waals surface area contributed by atoms with Crippen molar-refractivity contribution < 1.29 is 0 Å². The summed E-state index contributed by atoms with van der Waals surface area (Å²) < 4.78 is 0. The number of rotatable bonds is 3. The van der Waals surface area contributed by atoms with Gasteiger partial charge in [-0.25, -0.2) is 0 Å². The minimum Gasteiger partial charge on any atom is -0.0651 e. The summed E-state index contributed by atoms with van der Waals surface area (Å²) in [5.41, 5.74) is 0. The molecule has 0 saturated carbocycles. The molecule has 0 aromatic rings. The molecule has 0 aromatic carbocycles. The van der Waals surface area contributed by atoms with E-state index in [2.05, 4.69) is 13.3 Å². The van der Waals surface area contributed by atoms with Crippen LogP contribution in [-0.4, -0.2) is 0 Å². The molecular formula is C6H11. The molecule has 0 spiro atoms. The first-order chi connectivity index (χ1) is 2.91. The first-order valence-corrected chi connectivity index (χ1v) is 2.43. The topological polar surface area (TPSA) is 0 Å². The molecule has 0 amide bonds. The molecule has 3 radical (unpaired) electrons. The standard InChI is InChI=1S/C6H11/c1-3-5-6-4-2/h1,6H,3-5H2,2H3. The summed E-state index contributed by atoms with van der Waals surface area (Å²) in [5, 5.41) is 0. The lowest BCUT2D eigenvalue weighted by atomic mass is 10.2. The van der Waals surface area contributed by atoms with Crippen molar-refractivity contribution in [3.8, 4) is 0 Å². The minimum absolute atomic E-state index is 0.799. The van der Waals surface area contributed by atoms with Crippen LogP contribution in [0.2, 0.25) is 0 Å². The van der Waals surface area contributed by atoms with Gasteiger partial charge in [0.1, 0.15) is 0 Å². The molecule has 0 saturated heterocycles. The van der Waals surface area contributed by atoms with Crippen LogP contribution in [0, 0.1) is 13.3 Å². The Morgan fingerprint density at radius 2 is 2.33 bits per heavy atom. The number of unbranched alkanes of at least 4 members (excludes halogenated alkanes) is 3. The van der Waals surface area contributed by atoms with E-state index in [0.717, 1.165) is 19.3 Å². The summed E-state index contributed by atoms with van der Waals surface area (Å²) in [5.74, 6) is 0. The molecule has 0 heteroatoms. The molecular weight excluding hydrogens is 72.1 g/mol. The maximum atomic E-state index is 5.18. The Bertz CT molecular complexity index is 12.0. The van der Waals surface area contributed by atoms with Crippen molar-refractivity contribution in [2.45, 2.75) is 26.2 Å². The van der Waals surface area contributed by atoms with Crippen molar-refractivity contribution in [1.82, 2.24) is 0 Å². The Morgan fingerprint density at radius 1 is 1.67 bits per heavy atom. The van der Waals surface area contributed by atoms with E-state index in [1.54, 1.807) is 0 Å². The molecule has 0 aliphatic rings. The van der Waals surface area contributed by atoms with Crippen molar-refractivity contribution in [2.75, 3.05) is 0 Å². The van der Waals surface area contributed by atoms with Gasteiger partial charge in [-0.05, 0) is 26.2 Å². The highest BCUT2D eigenvalue weighted by Crippen LogP contribution is 1.93. The van der Waals surface area contributed by atoms with Gasteiger partial charge >= 0.3 is 0 Å². The third-order valence-corrected chi connectivity index (χ3v) is 0.659. The van der Waals surface area contributed by atoms with Gasteiger partial charge in [0.05, 0.1) is 0 Å². The molecule has 0 aromatic heterocycles. The van der Waals surface area contributed by atoms with Crippen molar-refractivity contribution in [1.29, 1.82) is 0 Å². The maximum absolute atomic E-state index is 5.18. The van der Waals surface area contributed by atoms with E-state index in [1.165, 1.54) is 0 Å². The molecule has 0 heterocycles. The second kappa shape index (κ2) is 5.00. The molecule has 0 rings (SSSR count). The normalized spacial score (nSPS) is 9.00. The van der Waals surface area contributed by atoms with Gasteiger partial charge in [0.15, 0.2) is 0 Å². The zero-order valence-electron chi connectivity index (χ0n) is 4.28.